The molecule has 1 saturated heterocycles. The number of anilines is 2. The van der Waals surface area contributed by atoms with Gasteiger partial charge in [-0.05, 0) is 12.3 Å². The second-order valence-electron chi connectivity index (χ2n) is 4.82. The first kappa shape index (κ1) is 13.1. The SMILES string of the molecule is CNc1ncnc(N2CCCOCC2)c1C(C)C. The standard InChI is InChI=1S/C13H22N4O/c1-10(2)11-12(14-3)15-9-16-13(11)17-5-4-7-18-8-6-17/h9-10H,4-8H2,1-3H3,(H,14,15,16). The lowest BCUT2D eigenvalue weighted by Gasteiger charge is -2.25. The van der Waals surface area contributed by atoms with Gasteiger partial charge in [0.1, 0.15) is 18.0 Å². The van der Waals surface area contributed by atoms with Crippen LogP contribution in [0.25, 0.3) is 0 Å². The van der Waals surface area contributed by atoms with Crippen molar-refractivity contribution in [3.05, 3.63) is 11.9 Å². The third-order valence-electron chi connectivity index (χ3n) is 3.20. The van der Waals surface area contributed by atoms with Crippen molar-refractivity contribution < 1.29 is 4.74 Å². The predicted molar refractivity (Wildman–Crippen MR) is 73.3 cm³/mol. The Kier molecular flexibility index (Phi) is 4.36. The number of ether oxygens (including phenoxy) is 1. The molecule has 5 heteroatoms. The molecular formula is C13H22N4O. The summed E-state index contributed by atoms with van der Waals surface area (Å²) in [4.78, 5) is 11.1. The number of nitrogens with one attached hydrogen (secondary N) is 1. The van der Waals surface area contributed by atoms with Crippen LogP contribution in [0.4, 0.5) is 11.6 Å². The summed E-state index contributed by atoms with van der Waals surface area (Å²) in [6, 6.07) is 0. The van der Waals surface area contributed by atoms with E-state index >= 15 is 0 Å². The average molecular weight is 250 g/mol. The molecule has 0 radical (unpaired) electrons. The van der Waals surface area contributed by atoms with E-state index in [9.17, 15) is 0 Å². The first-order valence-corrected chi connectivity index (χ1v) is 6.59. The molecular weight excluding hydrogens is 228 g/mol. The highest BCUT2D eigenvalue weighted by molar-refractivity contribution is 5.60. The topological polar surface area (TPSA) is 50.3 Å². The molecule has 0 aromatic carbocycles. The molecule has 100 valence electrons. The third-order valence-corrected chi connectivity index (χ3v) is 3.20. The van der Waals surface area contributed by atoms with E-state index in [0.29, 0.717) is 5.92 Å². The minimum Gasteiger partial charge on any atom is -0.380 e. The van der Waals surface area contributed by atoms with Gasteiger partial charge in [-0.15, -0.1) is 0 Å². The Morgan fingerprint density at radius 3 is 2.83 bits per heavy atom. The first-order chi connectivity index (χ1) is 8.74. The Bertz CT molecular complexity index is 387. The summed E-state index contributed by atoms with van der Waals surface area (Å²) in [5, 5.41) is 3.16. The minimum absolute atomic E-state index is 0.396. The van der Waals surface area contributed by atoms with Crippen LogP contribution in [0.1, 0.15) is 31.7 Å². The zero-order valence-electron chi connectivity index (χ0n) is 11.4. The summed E-state index contributed by atoms with van der Waals surface area (Å²) in [6.07, 6.45) is 2.69. The molecule has 2 rings (SSSR count). The Morgan fingerprint density at radius 1 is 1.28 bits per heavy atom. The summed E-state index contributed by atoms with van der Waals surface area (Å²) in [5.41, 5.74) is 1.20. The van der Waals surface area contributed by atoms with Crippen LogP contribution in [0.2, 0.25) is 0 Å². The molecule has 0 saturated carbocycles. The molecule has 0 bridgehead atoms. The predicted octanol–water partition coefficient (Wildman–Crippen LogP) is 1.87. The second kappa shape index (κ2) is 6.00. The van der Waals surface area contributed by atoms with Gasteiger partial charge in [-0.2, -0.15) is 0 Å². The van der Waals surface area contributed by atoms with E-state index in [1.807, 2.05) is 7.05 Å². The van der Waals surface area contributed by atoms with Crippen LogP contribution in [0.15, 0.2) is 6.33 Å². The fraction of sp³-hybridized carbons (Fsp3) is 0.692. The zero-order valence-corrected chi connectivity index (χ0v) is 11.4. The summed E-state index contributed by atoms with van der Waals surface area (Å²) >= 11 is 0. The van der Waals surface area contributed by atoms with Gasteiger partial charge >= 0.3 is 0 Å². The number of aromatic nitrogens is 2. The quantitative estimate of drug-likeness (QED) is 0.887. The lowest BCUT2D eigenvalue weighted by molar-refractivity contribution is 0.152. The largest absolute Gasteiger partial charge is 0.380 e. The van der Waals surface area contributed by atoms with Crippen molar-refractivity contribution in [2.24, 2.45) is 0 Å². The molecule has 1 aliphatic rings. The van der Waals surface area contributed by atoms with E-state index < -0.39 is 0 Å². The highest BCUT2D eigenvalue weighted by Gasteiger charge is 2.20. The number of hydrogen-bond donors (Lipinski definition) is 1. The molecule has 1 aromatic rings. The Labute approximate surface area is 109 Å². The van der Waals surface area contributed by atoms with Crippen molar-refractivity contribution in [3.63, 3.8) is 0 Å². The van der Waals surface area contributed by atoms with Crippen LogP contribution < -0.4 is 10.2 Å². The van der Waals surface area contributed by atoms with Gasteiger partial charge in [-0.3, -0.25) is 0 Å². The Hall–Kier alpha value is -1.36. The average Bonchev–Trinajstić information content (AvgIpc) is 2.66. The molecule has 5 nitrogen and oxygen atoms in total. The van der Waals surface area contributed by atoms with Crippen molar-refractivity contribution in [1.29, 1.82) is 0 Å². The lowest BCUT2D eigenvalue weighted by Crippen LogP contribution is -2.28. The van der Waals surface area contributed by atoms with E-state index in [-0.39, 0.29) is 0 Å². The van der Waals surface area contributed by atoms with E-state index in [1.54, 1.807) is 6.33 Å². The molecule has 1 aliphatic heterocycles. The number of hydrogen-bond acceptors (Lipinski definition) is 5. The van der Waals surface area contributed by atoms with Gasteiger partial charge in [-0.25, -0.2) is 9.97 Å². The number of nitrogens with zero attached hydrogens (tertiary/aromatic N) is 3. The minimum atomic E-state index is 0.396. The van der Waals surface area contributed by atoms with Gasteiger partial charge in [0.05, 0.1) is 6.61 Å². The second-order valence-corrected chi connectivity index (χ2v) is 4.82. The van der Waals surface area contributed by atoms with Crippen molar-refractivity contribution in [2.75, 3.05) is 43.6 Å². The van der Waals surface area contributed by atoms with Gasteiger partial charge in [0.25, 0.3) is 0 Å². The fourth-order valence-electron chi connectivity index (χ4n) is 2.33. The zero-order chi connectivity index (χ0) is 13.0. The molecule has 18 heavy (non-hydrogen) atoms. The fourth-order valence-corrected chi connectivity index (χ4v) is 2.33. The molecule has 0 unspecified atom stereocenters. The van der Waals surface area contributed by atoms with E-state index in [1.165, 1.54) is 5.56 Å². The maximum atomic E-state index is 5.50. The molecule has 0 aliphatic carbocycles. The molecule has 1 fully saturated rings. The van der Waals surface area contributed by atoms with Gasteiger partial charge in [0.15, 0.2) is 0 Å². The lowest BCUT2D eigenvalue weighted by atomic mass is 10.0. The first-order valence-electron chi connectivity index (χ1n) is 6.59. The molecule has 1 aromatic heterocycles. The van der Waals surface area contributed by atoms with Crippen LogP contribution in [0.3, 0.4) is 0 Å². The summed E-state index contributed by atoms with van der Waals surface area (Å²) in [6.45, 7) is 7.88. The molecule has 0 atom stereocenters. The Morgan fingerprint density at radius 2 is 2.11 bits per heavy atom. The van der Waals surface area contributed by atoms with Crippen LogP contribution in [0.5, 0.6) is 0 Å². The van der Waals surface area contributed by atoms with Gasteiger partial charge < -0.3 is 15.0 Å². The Balaban J connectivity index is 2.35. The van der Waals surface area contributed by atoms with Gasteiger partial charge in [0, 0.05) is 32.3 Å². The van der Waals surface area contributed by atoms with Crippen LogP contribution >= 0.6 is 0 Å². The smallest absolute Gasteiger partial charge is 0.137 e. The molecule has 2 heterocycles. The van der Waals surface area contributed by atoms with Crippen LogP contribution in [-0.4, -0.2) is 43.3 Å². The summed E-state index contributed by atoms with van der Waals surface area (Å²) in [5.74, 6) is 2.38. The molecule has 0 amide bonds. The maximum absolute atomic E-state index is 5.50. The van der Waals surface area contributed by atoms with Gasteiger partial charge in [0.2, 0.25) is 0 Å². The summed E-state index contributed by atoms with van der Waals surface area (Å²) in [7, 11) is 1.91. The van der Waals surface area contributed by atoms with E-state index in [2.05, 4.69) is 34.0 Å². The van der Waals surface area contributed by atoms with Gasteiger partial charge in [-0.1, -0.05) is 13.8 Å². The van der Waals surface area contributed by atoms with Crippen molar-refractivity contribution in [3.8, 4) is 0 Å². The highest BCUT2D eigenvalue weighted by atomic mass is 16.5. The van der Waals surface area contributed by atoms with Crippen LogP contribution in [0, 0.1) is 0 Å². The third kappa shape index (κ3) is 2.72. The van der Waals surface area contributed by atoms with E-state index in [4.69, 9.17) is 4.74 Å². The summed E-state index contributed by atoms with van der Waals surface area (Å²) < 4.78 is 5.50. The van der Waals surface area contributed by atoms with Crippen molar-refractivity contribution in [2.45, 2.75) is 26.2 Å². The monoisotopic (exact) mass is 250 g/mol. The normalized spacial score (nSPS) is 16.8. The molecule has 1 N–H and O–H groups in total. The van der Waals surface area contributed by atoms with Crippen molar-refractivity contribution >= 4 is 11.6 Å². The maximum Gasteiger partial charge on any atom is 0.137 e. The van der Waals surface area contributed by atoms with E-state index in [0.717, 1.165) is 44.4 Å². The number of rotatable bonds is 3. The molecule has 0 spiro atoms. The van der Waals surface area contributed by atoms with Crippen molar-refractivity contribution in [1.82, 2.24) is 9.97 Å². The highest BCUT2D eigenvalue weighted by Crippen LogP contribution is 2.30. The van der Waals surface area contributed by atoms with Crippen LogP contribution in [-0.2, 0) is 4.74 Å².